The molecule has 2 rings (SSSR count). The van der Waals surface area contributed by atoms with Crippen LogP contribution in [0.1, 0.15) is 12.8 Å². The van der Waals surface area contributed by atoms with Crippen LogP contribution in [0.2, 0.25) is 0 Å². The second kappa shape index (κ2) is 11.6. The van der Waals surface area contributed by atoms with Crippen molar-refractivity contribution in [3.05, 3.63) is 0 Å². The lowest BCUT2D eigenvalue weighted by molar-refractivity contribution is 0.0908. The van der Waals surface area contributed by atoms with Gasteiger partial charge in [-0.1, -0.05) is 0 Å². The summed E-state index contributed by atoms with van der Waals surface area (Å²) in [6.07, 6.45) is 3.41. The van der Waals surface area contributed by atoms with E-state index >= 15 is 0 Å². The van der Waals surface area contributed by atoms with Crippen molar-refractivity contribution in [3.63, 3.8) is 0 Å². The Labute approximate surface area is 132 Å². The first-order valence-corrected chi connectivity index (χ1v) is 10.5. The molecule has 2 unspecified atom stereocenters. The molecule has 20 heavy (non-hydrogen) atoms. The highest BCUT2D eigenvalue weighted by atomic mass is 35.5. The van der Waals surface area contributed by atoms with Crippen molar-refractivity contribution in [1.29, 1.82) is 0 Å². The van der Waals surface area contributed by atoms with Gasteiger partial charge < -0.3 is 4.52 Å². The summed E-state index contributed by atoms with van der Waals surface area (Å²) in [6, 6.07) is 0. The van der Waals surface area contributed by atoms with E-state index < -0.39 is 7.67 Å². The molecule has 2 N–H and O–H groups in total. The zero-order valence-electron chi connectivity index (χ0n) is 11.4. The third kappa shape index (κ3) is 7.35. The van der Waals surface area contributed by atoms with Crippen LogP contribution in [0.4, 0.5) is 0 Å². The van der Waals surface area contributed by atoms with Gasteiger partial charge in [0.05, 0.1) is 13.2 Å². The molecule has 0 aromatic carbocycles. The molecule has 2 atom stereocenters. The van der Waals surface area contributed by atoms with Crippen molar-refractivity contribution >= 4 is 39.6 Å². The lowest BCUT2D eigenvalue weighted by Gasteiger charge is -2.33. The van der Waals surface area contributed by atoms with Crippen LogP contribution in [0.5, 0.6) is 0 Å². The molecule has 2 heterocycles. The maximum atomic E-state index is 12.2. The molecular weight excluding hydrogens is 343 g/mol. The van der Waals surface area contributed by atoms with Gasteiger partial charge in [-0.25, -0.2) is 9.76 Å². The van der Waals surface area contributed by atoms with Gasteiger partial charge in [0.1, 0.15) is 0 Å². The van der Waals surface area contributed by atoms with Crippen molar-refractivity contribution in [2.45, 2.75) is 12.8 Å². The average Bonchev–Trinajstić information content (AvgIpc) is 2.50. The fourth-order valence-corrected chi connectivity index (χ4v) is 4.93. The number of hydrogen-bond donors (Lipinski definition) is 2. The summed E-state index contributed by atoms with van der Waals surface area (Å²) < 4.78 is 19.2. The minimum absolute atomic E-state index is 0.423. The first-order valence-electron chi connectivity index (χ1n) is 6.69. The molecule has 10 heteroatoms. The van der Waals surface area contributed by atoms with Crippen LogP contribution < -0.4 is 10.3 Å². The second-order valence-corrected chi connectivity index (χ2v) is 8.17. The third-order valence-electron chi connectivity index (χ3n) is 2.65. The lowest BCUT2D eigenvalue weighted by atomic mass is 10.5. The number of hydrogen-bond acceptors (Lipinski definition) is 4. The smallest absolute Gasteiger partial charge is 0.306 e. The molecule has 0 saturated carbocycles. The molecular formula is C10H23Cl2N3O3P2. The largest absolute Gasteiger partial charge is 0.343 e. The molecule has 0 radical (unpaired) electrons. The van der Waals surface area contributed by atoms with Crippen molar-refractivity contribution < 1.29 is 13.9 Å². The van der Waals surface area contributed by atoms with Crippen LogP contribution in [0.3, 0.4) is 0 Å². The van der Waals surface area contributed by atoms with Gasteiger partial charge in [0.15, 0.2) is 0 Å². The quantitative estimate of drug-likeness (QED) is 0.576. The van der Waals surface area contributed by atoms with E-state index in [1.54, 1.807) is 4.67 Å². The van der Waals surface area contributed by atoms with Crippen LogP contribution in [0.25, 0.3) is 0 Å². The van der Waals surface area contributed by atoms with E-state index in [1.165, 1.54) is 12.6 Å². The predicted octanol–water partition coefficient (Wildman–Crippen LogP) is 2.39. The summed E-state index contributed by atoms with van der Waals surface area (Å²) in [5.41, 5.74) is 0. The minimum atomic E-state index is -2.84. The molecule has 0 amide bonds. The van der Waals surface area contributed by atoms with Crippen LogP contribution in [-0.2, 0) is 13.9 Å². The van der Waals surface area contributed by atoms with Crippen molar-refractivity contribution in [3.8, 4) is 0 Å². The van der Waals surface area contributed by atoms with Crippen molar-refractivity contribution in [2.75, 3.05) is 50.8 Å². The Hall–Kier alpha value is 1.04. The van der Waals surface area contributed by atoms with Crippen LogP contribution in [-0.4, -0.2) is 55.4 Å². The SMILES string of the molecule is C1CONPC1.O=P1(N(CCCl)CCCl)NCCCO1. The normalized spacial score (nSPS) is 28.1. The number of nitrogens with zero attached hydrogens (tertiary/aromatic N) is 1. The second-order valence-electron chi connectivity index (χ2n) is 4.18. The van der Waals surface area contributed by atoms with E-state index in [4.69, 9.17) is 32.6 Å². The third-order valence-corrected chi connectivity index (χ3v) is 6.18. The van der Waals surface area contributed by atoms with Crippen LogP contribution >= 0.6 is 39.6 Å². The van der Waals surface area contributed by atoms with Gasteiger partial charge in [-0.15, -0.1) is 23.2 Å². The van der Waals surface area contributed by atoms with E-state index in [1.807, 2.05) is 0 Å². The standard InChI is InChI=1S/C7H15Cl2N2O2P.C3H8NOP/c8-2-5-11(6-3-9)14(12)10-4-1-7-13-14;1-2-5-4-6-3-1/h1-7H2,(H,10,12);4,6H,1-3H2. The number of halogens is 2. The molecule has 0 aromatic heterocycles. The Morgan fingerprint density at radius 2 is 1.95 bits per heavy atom. The zero-order valence-corrected chi connectivity index (χ0v) is 14.9. The Morgan fingerprint density at radius 3 is 2.30 bits per heavy atom. The molecule has 0 spiro atoms. The molecule has 120 valence electrons. The first kappa shape index (κ1) is 19.1. The molecule has 2 saturated heterocycles. The number of rotatable bonds is 5. The summed E-state index contributed by atoms with van der Waals surface area (Å²) in [5.74, 6) is 0.845. The Kier molecular flexibility index (Phi) is 11.1. The summed E-state index contributed by atoms with van der Waals surface area (Å²) in [6.45, 7) is 3.20. The van der Waals surface area contributed by atoms with Gasteiger partial charge in [0.25, 0.3) is 0 Å². The van der Waals surface area contributed by atoms with Gasteiger partial charge >= 0.3 is 7.67 Å². The Bertz CT molecular complexity index is 271. The monoisotopic (exact) mass is 365 g/mol. The molecule has 0 bridgehead atoms. The van der Waals surface area contributed by atoms with Gasteiger partial charge in [-0.3, -0.25) is 9.40 Å². The maximum absolute atomic E-state index is 12.2. The summed E-state index contributed by atoms with van der Waals surface area (Å²) in [4.78, 5) is 4.83. The van der Waals surface area contributed by atoms with Gasteiger partial charge in [0, 0.05) is 31.4 Å². The van der Waals surface area contributed by atoms with Crippen LogP contribution in [0, 0.1) is 0 Å². The van der Waals surface area contributed by atoms with Gasteiger partial charge in [0.2, 0.25) is 0 Å². The van der Waals surface area contributed by atoms with E-state index in [9.17, 15) is 4.57 Å². The van der Waals surface area contributed by atoms with Crippen molar-refractivity contribution in [1.82, 2.24) is 15.0 Å². The molecule has 0 aliphatic carbocycles. The van der Waals surface area contributed by atoms with Crippen molar-refractivity contribution in [2.24, 2.45) is 0 Å². The highest BCUT2D eigenvalue weighted by Crippen LogP contribution is 2.48. The molecule has 0 aromatic rings. The highest BCUT2D eigenvalue weighted by molar-refractivity contribution is 7.54. The Balaban J connectivity index is 0.000000276. The summed E-state index contributed by atoms with van der Waals surface area (Å²) >= 11 is 11.2. The molecule has 2 aliphatic rings. The van der Waals surface area contributed by atoms with Gasteiger partial charge in [-0.05, 0) is 27.7 Å². The fourth-order valence-electron chi connectivity index (χ4n) is 1.66. The van der Waals surface area contributed by atoms with E-state index in [-0.39, 0.29) is 0 Å². The van der Waals surface area contributed by atoms with Crippen LogP contribution in [0.15, 0.2) is 0 Å². The summed E-state index contributed by atoms with van der Waals surface area (Å²) in [5, 5.41) is 5.72. The van der Waals surface area contributed by atoms with Gasteiger partial charge in [-0.2, -0.15) is 5.25 Å². The molecule has 2 aliphatic heterocycles. The Morgan fingerprint density at radius 1 is 1.20 bits per heavy atom. The molecule has 6 nitrogen and oxygen atoms in total. The molecule has 2 fully saturated rings. The predicted molar refractivity (Wildman–Crippen MR) is 86.1 cm³/mol. The average molecular weight is 366 g/mol. The minimum Gasteiger partial charge on any atom is -0.306 e. The summed E-state index contributed by atoms with van der Waals surface area (Å²) in [7, 11) is -2.01. The lowest BCUT2D eigenvalue weighted by Crippen LogP contribution is -2.35. The first-order chi connectivity index (χ1) is 9.73. The maximum Gasteiger partial charge on any atom is 0.343 e. The topological polar surface area (TPSA) is 62.8 Å². The van der Waals surface area contributed by atoms with E-state index in [0.29, 0.717) is 31.5 Å². The van der Waals surface area contributed by atoms with E-state index in [0.717, 1.165) is 28.3 Å². The highest BCUT2D eigenvalue weighted by Gasteiger charge is 2.32. The number of alkyl halides is 2. The number of nitrogens with one attached hydrogen (secondary N) is 2. The zero-order chi connectivity index (χ0) is 14.7. The fraction of sp³-hybridized carbons (Fsp3) is 1.00. The van der Waals surface area contributed by atoms with E-state index in [2.05, 4.69) is 10.3 Å².